The summed E-state index contributed by atoms with van der Waals surface area (Å²) in [6, 6.07) is 15.1. The molecule has 0 bridgehead atoms. The van der Waals surface area contributed by atoms with Crippen LogP contribution in [0.2, 0.25) is 0 Å². The second-order valence-corrected chi connectivity index (χ2v) is 8.31. The van der Waals surface area contributed by atoms with Crippen molar-refractivity contribution in [3.8, 4) is 0 Å². The highest BCUT2D eigenvalue weighted by molar-refractivity contribution is 7.91. The first-order valence-electron chi connectivity index (χ1n) is 8.42. The zero-order chi connectivity index (χ0) is 17.7. The molecule has 0 unspecified atom stereocenters. The van der Waals surface area contributed by atoms with Crippen molar-refractivity contribution in [3.63, 3.8) is 0 Å². The summed E-state index contributed by atoms with van der Waals surface area (Å²) in [5.41, 5.74) is 1.14. The molecule has 6 heteroatoms. The summed E-state index contributed by atoms with van der Waals surface area (Å²) in [5, 5.41) is 0. The van der Waals surface area contributed by atoms with Crippen LogP contribution in [0.1, 0.15) is 18.1 Å². The SMILES string of the molecule is O=S(=O)(CCCN1CCO[C@H](c2ccccc2)C1)c1ccc(F)cc1. The fraction of sp³-hybridized carbons (Fsp3) is 0.368. The number of nitrogens with zero attached hydrogens (tertiary/aromatic N) is 1. The summed E-state index contributed by atoms with van der Waals surface area (Å²) in [6.07, 6.45) is 0.574. The van der Waals surface area contributed by atoms with Crippen molar-refractivity contribution in [1.82, 2.24) is 4.90 Å². The molecule has 1 aliphatic heterocycles. The maximum Gasteiger partial charge on any atom is 0.178 e. The van der Waals surface area contributed by atoms with Crippen molar-refractivity contribution < 1.29 is 17.5 Å². The Labute approximate surface area is 148 Å². The van der Waals surface area contributed by atoms with Gasteiger partial charge in [0.25, 0.3) is 0 Å². The first kappa shape index (κ1) is 18.0. The van der Waals surface area contributed by atoms with Crippen LogP contribution >= 0.6 is 0 Å². The second kappa shape index (κ2) is 8.08. The fourth-order valence-corrected chi connectivity index (χ4v) is 4.31. The minimum atomic E-state index is -3.37. The Balaban J connectivity index is 1.52. The van der Waals surface area contributed by atoms with Crippen molar-refractivity contribution in [2.24, 2.45) is 0 Å². The molecule has 1 aliphatic rings. The van der Waals surface area contributed by atoms with Crippen LogP contribution in [0.25, 0.3) is 0 Å². The summed E-state index contributed by atoms with van der Waals surface area (Å²) >= 11 is 0. The monoisotopic (exact) mass is 363 g/mol. The number of sulfone groups is 1. The lowest BCUT2D eigenvalue weighted by molar-refractivity contribution is -0.0297. The minimum absolute atomic E-state index is 0.0312. The molecule has 0 aliphatic carbocycles. The van der Waals surface area contributed by atoms with Crippen LogP contribution in [0.4, 0.5) is 4.39 Å². The molecule has 0 aromatic heterocycles. The highest BCUT2D eigenvalue weighted by Crippen LogP contribution is 2.22. The summed E-state index contributed by atoms with van der Waals surface area (Å²) in [5.74, 6) is -0.370. The van der Waals surface area contributed by atoms with Gasteiger partial charge in [0.15, 0.2) is 9.84 Å². The molecule has 1 fully saturated rings. The second-order valence-electron chi connectivity index (χ2n) is 6.20. The lowest BCUT2D eigenvalue weighted by Gasteiger charge is -2.33. The van der Waals surface area contributed by atoms with Gasteiger partial charge in [-0.3, -0.25) is 4.90 Å². The summed E-state index contributed by atoms with van der Waals surface area (Å²) in [7, 11) is -3.37. The number of hydrogen-bond donors (Lipinski definition) is 0. The molecule has 2 aromatic carbocycles. The first-order valence-corrected chi connectivity index (χ1v) is 10.1. The maximum absolute atomic E-state index is 12.9. The Hall–Kier alpha value is -1.76. The largest absolute Gasteiger partial charge is 0.371 e. The van der Waals surface area contributed by atoms with E-state index in [0.29, 0.717) is 19.6 Å². The van der Waals surface area contributed by atoms with E-state index in [1.54, 1.807) is 0 Å². The fourth-order valence-electron chi connectivity index (χ4n) is 3.01. The average molecular weight is 363 g/mol. The van der Waals surface area contributed by atoms with Gasteiger partial charge in [0, 0.05) is 13.1 Å². The van der Waals surface area contributed by atoms with Crippen LogP contribution in [0.3, 0.4) is 0 Å². The van der Waals surface area contributed by atoms with Crippen LogP contribution < -0.4 is 0 Å². The Bertz CT molecular complexity index is 778. The number of benzene rings is 2. The third-order valence-electron chi connectivity index (χ3n) is 4.38. The number of ether oxygens (including phenoxy) is 1. The molecule has 1 heterocycles. The Morgan fingerprint density at radius 1 is 1.08 bits per heavy atom. The maximum atomic E-state index is 12.9. The Morgan fingerprint density at radius 2 is 1.80 bits per heavy atom. The van der Waals surface area contributed by atoms with Crippen LogP contribution in [-0.2, 0) is 14.6 Å². The molecule has 4 nitrogen and oxygen atoms in total. The van der Waals surface area contributed by atoms with Gasteiger partial charge in [-0.05, 0) is 42.8 Å². The van der Waals surface area contributed by atoms with Gasteiger partial charge >= 0.3 is 0 Å². The van der Waals surface area contributed by atoms with Gasteiger partial charge in [-0.2, -0.15) is 0 Å². The number of morpholine rings is 1. The third-order valence-corrected chi connectivity index (χ3v) is 6.20. The number of rotatable bonds is 6. The lowest BCUT2D eigenvalue weighted by atomic mass is 10.1. The van der Waals surface area contributed by atoms with Gasteiger partial charge in [0.1, 0.15) is 5.82 Å². The molecule has 0 spiro atoms. The summed E-state index contributed by atoms with van der Waals surface area (Å²) < 4.78 is 43.4. The Kier molecular flexibility index (Phi) is 5.83. The molecule has 0 amide bonds. The third kappa shape index (κ3) is 4.87. The predicted molar refractivity (Wildman–Crippen MR) is 94.6 cm³/mol. The van der Waals surface area contributed by atoms with E-state index in [-0.39, 0.29) is 16.8 Å². The smallest absolute Gasteiger partial charge is 0.178 e. The Morgan fingerprint density at radius 3 is 2.52 bits per heavy atom. The zero-order valence-electron chi connectivity index (χ0n) is 14.0. The molecule has 1 saturated heterocycles. The van der Waals surface area contributed by atoms with E-state index in [9.17, 15) is 12.8 Å². The van der Waals surface area contributed by atoms with Crippen LogP contribution in [0, 0.1) is 5.82 Å². The number of hydrogen-bond acceptors (Lipinski definition) is 4. The summed E-state index contributed by atoms with van der Waals surface area (Å²) in [6.45, 7) is 2.91. The van der Waals surface area contributed by atoms with Gasteiger partial charge in [-0.15, -0.1) is 0 Å². The van der Waals surface area contributed by atoms with Gasteiger partial charge in [0.05, 0.1) is 23.4 Å². The van der Waals surface area contributed by atoms with E-state index >= 15 is 0 Å². The van der Waals surface area contributed by atoms with E-state index in [1.165, 1.54) is 24.3 Å². The van der Waals surface area contributed by atoms with Crippen molar-refractivity contribution in [2.45, 2.75) is 17.4 Å². The molecule has 134 valence electrons. The molecule has 0 N–H and O–H groups in total. The quantitative estimate of drug-likeness (QED) is 0.740. The molecular formula is C19H22FNO3S. The van der Waals surface area contributed by atoms with Crippen molar-refractivity contribution >= 4 is 9.84 Å². The molecule has 25 heavy (non-hydrogen) atoms. The van der Waals surface area contributed by atoms with Gasteiger partial charge in [-0.1, -0.05) is 30.3 Å². The molecule has 3 rings (SSSR count). The van der Waals surface area contributed by atoms with E-state index < -0.39 is 15.7 Å². The zero-order valence-corrected chi connectivity index (χ0v) is 14.8. The first-order chi connectivity index (χ1) is 12.0. The van der Waals surface area contributed by atoms with E-state index in [4.69, 9.17) is 4.74 Å². The van der Waals surface area contributed by atoms with Crippen LogP contribution in [-0.4, -0.2) is 45.3 Å². The molecule has 1 atom stereocenters. The van der Waals surface area contributed by atoms with E-state index in [1.807, 2.05) is 30.3 Å². The van der Waals surface area contributed by atoms with Gasteiger partial charge in [0.2, 0.25) is 0 Å². The lowest BCUT2D eigenvalue weighted by Crippen LogP contribution is -2.39. The van der Waals surface area contributed by atoms with Crippen LogP contribution in [0.15, 0.2) is 59.5 Å². The molecule has 0 radical (unpaired) electrons. The molecule has 2 aromatic rings. The highest BCUT2D eigenvalue weighted by Gasteiger charge is 2.22. The molecular weight excluding hydrogens is 341 g/mol. The van der Waals surface area contributed by atoms with Crippen LogP contribution in [0.5, 0.6) is 0 Å². The minimum Gasteiger partial charge on any atom is -0.371 e. The van der Waals surface area contributed by atoms with Crippen molar-refractivity contribution in [1.29, 1.82) is 0 Å². The molecule has 0 saturated carbocycles. The number of halogens is 1. The summed E-state index contributed by atoms with van der Waals surface area (Å²) in [4.78, 5) is 2.42. The normalized spacial score (nSPS) is 19.0. The predicted octanol–water partition coefficient (Wildman–Crippen LogP) is 3.06. The van der Waals surface area contributed by atoms with Gasteiger partial charge < -0.3 is 4.74 Å². The average Bonchev–Trinajstić information content (AvgIpc) is 2.63. The standard InChI is InChI=1S/C19H22FNO3S/c20-17-7-9-18(10-8-17)25(22,23)14-4-11-21-12-13-24-19(15-21)16-5-2-1-3-6-16/h1-3,5-10,19H,4,11-15H2/t19-/m0/s1. The van der Waals surface area contributed by atoms with E-state index in [2.05, 4.69) is 4.90 Å². The van der Waals surface area contributed by atoms with Gasteiger partial charge in [-0.25, -0.2) is 12.8 Å². The van der Waals surface area contributed by atoms with Crippen molar-refractivity contribution in [3.05, 3.63) is 66.0 Å². The van der Waals surface area contributed by atoms with Crippen molar-refractivity contribution in [2.75, 3.05) is 32.0 Å². The van der Waals surface area contributed by atoms with E-state index in [0.717, 1.165) is 18.7 Å². The highest BCUT2D eigenvalue weighted by atomic mass is 32.2. The topological polar surface area (TPSA) is 46.6 Å².